The van der Waals surface area contributed by atoms with Crippen molar-refractivity contribution in [3.63, 3.8) is 0 Å². The molecule has 0 aliphatic carbocycles. The van der Waals surface area contributed by atoms with Crippen LogP contribution in [0.4, 0.5) is 0 Å². The van der Waals surface area contributed by atoms with Gasteiger partial charge in [0, 0.05) is 6.04 Å². The van der Waals surface area contributed by atoms with Gasteiger partial charge in [0.25, 0.3) is 0 Å². The van der Waals surface area contributed by atoms with Crippen LogP contribution < -0.4 is 10.1 Å². The Bertz CT molecular complexity index is 548. The third-order valence-electron chi connectivity index (χ3n) is 3.95. The fraction of sp³-hybridized carbons (Fsp3) is 0.429. The molecule has 1 N–H and O–H groups in total. The Kier molecular flexibility index (Phi) is 7.15. The van der Waals surface area contributed by atoms with E-state index in [0.717, 1.165) is 30.4 Å². The molecule has 0 bridgehead atoms. The van der Waals surface area contributed by atoms with Crippen molar-refractivity contribution >= 4 is 0 Å². The summed E-state index contributed by atoms with van der Waals surface area (Å²) in [5.74, 6) is 2.50. The highest BCUT2D eigenvalue weighted by Crippen LogP contribution is 2.25. The Hall–Kier alpha value is -1.80. The fourth-order valence-corrected chi connectivity index (χ4v) is 2.61. The van der Waals surface area contributed by atoms with E-state index in [9.17, 15) is 0 Å². The van der Waals surface area contributed by atoms with E-state index in [1.54, 1.807) is 0 Å². The van der Waals surface area contributed by atoms with E-state index in [1.165, 1.54) is 18.4 Å². The highest BCUT2D eigenvalue weighted by atomic mass is 16.5. The van der Waals surface area contributed by atoms with E-state index in [4.69, 9.17) is 4.74 Å². The molecular weight excluding hydrogens is 282 g/mol. The summed E-state index contributed by atoms with van der Waals surface area (Å²) in [5, 5.41) is 3.70. The van der Waals surface area contributed by atoms with E-state index < -0.39 is 0 Å². The molecule has 1 atom stereocenters. The van der Waals surface area contributed by atoms with Crippen molar-refractivity contribution in [1.29, 1.82) is 0 Å². The molecule has 2 aromatic carbocycles. The van der Waals surface area contributed by atoms with E-state index in [1.807, 2.05) is 30.3 Å². The summed E-state index contributed by atoms with van der Waals surface area (Å²) < 4.78 is 5.87. The van der Waals surface area contributed by atoms with Crippen LogP contribution in [-0.4, -0.2) is 6.54 Å². The molecule has 0 radical (unpaired) electrons. The maximum atomic E-state index is 5.87. The topological polar surface area (TPSA) is 21.3 Å². The van der Waals surface area contributed by atoms with Crippen molar-refractivity contribution in [1.82, 2.24) is 5.32 Å². The van der Waals surface area contributed by atoms with Crippen LogP contribution in [0.25, 0.3) is 0 Å². The Balaban J connectivity index is 1.97. The van der Waals surface area contributed by atoms with Gasteiger partial charge in [-0.15, -0.1) is 0 Å². The van der Waals surface area contributed by atoms with Crippen LogP contribution in [0.3, 0.4) is 0 Å². The van der Waals surface area contributed by atoms with E-state index in [-0.39, 0.29) is 0 Å². The van der Waals surface area contributed by atoms with Crippen LogP contribution in [-0.2, 0) is 0 Å². The summed E-state index contributed by atoms with van der Waals surface area (Å²) in [6.45, 7) is 7.85. The fourth-order valence-electron chi connectivity index (χ4n) is 2.61. The lowest BCUT2D eigenvalue weighted by Gasteiger charge is -2.19. The lowest BCUT2D eigenvalue weighted by Crippen LogP contribution is -2.23. The number of rotatable bonds is 9. The van der Waals surface area contributed by atoms with Gasteiger partial charge in [-0.2, -0.15) is 0 Å². The van der Waals surface area contributed by atoms with Crippen molar-refractivity contribution in [2.24, 2.45) is 5.92 Å². The van der Waals surface area contributed by atoms with Crippen LogP contribution in [0.15, 0.2) is 54.6 Å². The Morgan fingerprint density at radius 1 is 0.870 bits per heavy atom. The SMILES string of the molecule is CCCC(NCCC(C)C)c1ccc(Oc2ccccc2)cc1. The maximum Gasteiger partial charge on any atom is 0.127 e. The zero-order chi connectivity index (χ0) is 16.5. The third kappa shape index (κ3) is 6.07. The van der Waals surface area contributed by atoms with Gasteiger partial charge < -0.3 is 10.1 Å². The zero-order valence-corrected chi connectivity index (χ0v) is 14.6. The monoisotopic (exact) mass is 311 g/mol. The number of hydrogen-bond donors (Lipinski definition) is 1. The Morgan fingerprint density at radius 2 is 1.52 bits per heavy atom. The summed E-state index contributed by atoms with van der Waals surface area (Å²) in [5.41, 5.74) is 1.34. The van der Waals surface area contributed by atoms with Gasteiger partial charge in [0.2, 0.25) is 0 Å². The van der Waals surface area contributed by atoms with Crippen molar-refractivity contribution in [3.8, 4) is 11.5 Å². The predicted octanol–water partition coefficient (Wildman–Crippen LogP) is 5.96. The molecule has 124 valence electrons. The van der Waals surface area contributed by atoms with Crippen molar-refractivity contribution < 1.29 is 4.74 Å². The summed E-state index contributed by atoms with van der Waals surface area (Å²) in [4.78, 5) is 0. The average Bonchev–Trinajstić information content (AvgIpc) is 2.55. The summed E-state index contributed by atoms with van der Waals surface area (Å²) in [6.07, 6.45) is 3.56. The Morgan fingerprint density at radius 3 is 2.13 bits per heavy atom. The average molecular weight is 311 g/mol. The number of para-hydroxylation sites is 1. The van der Waals surface area contributed by atoms with Gasteiger partial charge >= 0.3 is 0 Å². The van der Waals surface area contributed by atoms with E-state index >= 15 is 0 Å². The molecule has 2 aromatic rings. The maximum absolute atomic E-state index is 5.87. The summed E-state index contributed by atoms with van der Waals surface area (Å²) >= 11 is 0. The molecule has 2 nitrogen and oxygen atoms in total. The normalized spacial score (nSPS) is 12.3. The zero-order valence-electron chi connectivity index (χ0n) is 14.6. The first-order valence-electron chi connectivity index (χ1n) is 8.75. The van der Waals surface area contributed by atoms with Crippen LogP contribution >= 0.6 is 0 Å². The van der Waals surface area contributed by atoms with Crippen LogP contribution in [0.2, 0.25) is 0 Å². The number of ether oxygens (including phenoxy) is 1. The predicted molar refractivity (Wildman–Crippen MR) is 98.1 cm³/mol. The van der Waals surface area contributed by atoms with Gasteiger partial charge in [-0.25, -0.2) is 0 Å². The molecule has 23 heavy (non-hydrogen) atoms. The van der Waals surface area contributed by atoms with Gasteiger partial charge in [-0.1, -0.05) is 57.5 Å². The first-order valence-corrected chi connectivity index (χ1v) is 8.75. The second-order valence-corrected chi connectivity index (χ2v) is 6.46. The quantitative estimate of drug-likeness (QED) is 0.617. The van der Waals surface area contributed by atoms with Crippen LogP contribution in [0, 0.1) is 5.92 Å². The molecule has 0 heterocycles. The molecule has 0 fully saturated rings. The first-order chi connectivity index (χ1) is 11.2. The van der Waals surface area contributed by atoms with Crippen molar-refractivity contribution in [2.75, 3.05) is 6.54 Å². The summed E-state index contributed by atoms with van der Waals surface area (Å²) in [7, 11) is 0. The van der Waals surface area contributed by atoms with Crippen LogP contribution in [0.5, 0.6) is 11.5 Å². The van der Waals surface area contributed by atoms with E-state index in [0.29, 0.717) is 6.04 Å². The molecular formula is C21H29NO. The van der Waals surface area contributed by atoms with Gasteiger partial charge in [0.15, 0.2) is 0 Å². The lowest BCUT2D eigenvalue weighted by molar-refractivity contribution is 0.454. The number of nitrogens with one attached hydrogen (secondary N) is 1. The highest BCUT2D eigenvalue weighted by Gasteiger charge is 2.10. The highest BCUT2D eigenvalue weighted by molar-refractivity contribution is 5.33. The number of hydrogen-bond acceptors (Lipinski definition) is 2. The van der Waals surface area contributed by atoms with Gasteiger partial charge in [0.1, 0.15) is 11.5 Å². The first kappa shape index (κ1) is 17.6. The molecule has 1 unspecified atom stereocenters. The molecule has 0 aliphatic heterocycles. The second-order valence-electron chi connectivity index (χ2n) is 6.46. The van der Waals surface area contributed by atoms with Gasteiger partial charge in [-0.05, 0) is 55.1 Å². The minimum Gasteiger partial charge on any atom is -0.457 e. The van der Waals surface area contributed by atoms with Gasteiger partial charge in [0.05, 0.1) is 0 Å². The largest absolute Gasteiger partial charge is 0.457 e. The molecule has 2 rings (SSSR count). The third-order valence-corrected chi connectivity index (χ3v) is 3.95. The van der Waals surface area contributed by atoms with Crippen molar-refractivity contribution in [3.05, 3.63) is 60.2 Å². The Labute approximate surface area is 140 Å². The smallest absolute Gasteiger partial charge is 0.127 e. The molecule has 0 saturated heterocycles. The lowest BCUT2D eigenvalue weighted by atomic mass is 10.0. The second kappa shape index (κ2) is 9.36. The van der Waals surface area contributed by atoms with Crippen molar-refractivity contribution in [2.45, 2.75) is 46.1 Å². The van der Waals surface area contributed by atoms with E-state index in [2.05, 4.69) is 50.4 Å². The molecule has 2 heteroatoms. The number of benzene rings is 2. The molecule has 0 aromatic heterocycles. The molecule has 0 saturated carbocycles. The minimum atomic E-state index is 0.435. The standard InChI is InChI=1S/C21H29NO/c1-4-8-21(22-16-15-17(2)3)18-11-13-20(14-12-18)23-19-9-6-5-7-10-19/h5-7,9-14,17,21-22H,4,8,15-16H2,1-3H3. The molecule has 0 amide bonds. The minimum absolute atomic E-state index is 0.435. The summed E-state index contributed by atoms with van der Waals surface area (Å²) in [6, 6.07) is 18.8. The molecule has 0 aliphatic rings. The van der Waals surface area contributed by atoms with Crippen LogP contribution in [0.1, 0.15) is 51.6 Å². The van der Waals surface area contributed by atoms with Gasteiger partial charge in [-0.3, -0.25) is 0 Å². The molecule has 0 spiro atoms.